The van der Waals surface area contributed by atoms with Gasteiger partial charge in [0.1, 0.15) is 10.9 Å². The van der Waals surface area contributed by atoms with E-state index < -0.39 is 0 Å². The van der Waals surface area contributed by atoms with Crippen molar-refractivity contribution in [2.45, 2.75) is 38.1 Å². The summed E-state index contributed by atoms with van der Waals surface area (Å²) < 4.78 is 0. The van der Waals surface area contributed by atoms with Gasteiger partial charge in [0.05, 0.1) is 5.56 Å². The van der Waals surface area contributed by atoms with Crippen molar-refractivity contribution in [2.24, 2.45) is 5.92 Å². The maximum atomic E-state index is 12.6. The van der Waals surface area contributed by atoms with E-state index in [-0.39, 0.29) is 11.9 Å². The second kappa shape index (κ2) is 7.43. The molecule has 0 aliphatic heterocycles. The van der Waals surface area contributed by atoms with Crippen molar-refractivity contribution in [1.29, 1.82) is 5.26 Å². The number of rotatable bonds is 5. The predicted octanol–water partition coefficient (Wildman–Crippen LogP) is 4.15. The summed E-state index contributed by atoms with van der Waals surface area (Å²) in [5.41, 5.74) is 1.72. The van der Waals surface area contributed by atoms with Crippen LogP contribution in [0.3, 0.4) is 0 Å². The molecular formula is C19H20N2OS. The Bertz CT molecular complexity index is 696. The van der Waals surface area contributed by atoms with Crippen LogP contribution in [0.15, 0.2) is 41.8 Å². The predicted molar refractivity (Wildman–Crippen MR) is 92.4 cm³/mol. The molecule has 1 amide bonds. The van der Waals surface area contributed by atoms with Crippen LogP contribution in [-0.4, -0.2) is 11.9 Å². The second-order valence-corrected chi connectivity index (χ2v) is 7.01. The molecule has 4 heteroatoms. The van der Waals surface area contributed by atoms with Crippen LogP contribution < -0.4 is 5.32 Å². The minimum absolute atomic E-state index is 0.107. The topological polar surface area (TPSA) is 52.9 Å². The first kappa shape index (κ1) is 15.8. The molecule has 23 heavy (non-hydrogen) atoms. The minimum Gasteiger partial charge on any atom is -0.348 e. The number of carbonyl (C=O) groups excluding carboxylic acids is 1. The summed E-state index contributed by atoms with van der Waals surface area (Å²) in [6.45, 7) is 0. The van der Waals surface area contributed by atoms with Gasteiger partial charge in [-0.25, -0.2) is 0 Å². The van der Waals surface area contributed by atoms with Crippen molar-refractivity contribution >= 4 is 17.2 Å². The zero-order valence-electron chi connectivity index (χ0n) is 13.0. The number of nitriles is 1. The molecule has 1 saturated carbocycles. The van der Waals surface area contributed by atoms with Crippen molar-refractivity contribution in [3.05, 3.63) is 57.8 Å². The Balaban J connectivity index is 1.76. The van der Waals surface area contributed by atoms with Gasteiger partial charge in [0.25, 0.3) is 5.91 Å². The van der Waals surface area contributed by atoms with Crippen LogP contribution in [0.4, 0.5) is 0 Å². The Morgan fingerprint density at radius 3 is 2.70 bits per heavy atom. The number of hydrogen-bond donors (Lipinski definition) is 1. The van der Waals surface area contributed by atoms with Gasteiger partial charge < -0.3 is 5.32 Å². The van der Waals surface area contributed by atoms with Crippen molar-refractivity contribution < 1.29 is 4.79 Å². The molecule has 1 heterocycles. The number of amides is 1. The lowest BCUT2D eigenvalue weighted by Crippen LogP contribution is -2.41. The molecule has 1 aliphatic rings. The maximum absolute atomic E-state index is 12.6. The fourth-order valence-electron chi connectivity index (χ4n) is 3.37. The van der Waals surface area contributed by atoms with Crippen LogP contribution in [0.5, 0.6) is 0 Å². The lowest BCUT2D eigenvalue weighted by atomic mass is 9.92. The van der Waals surface area contributed by atoms with E-state index in [0.717, 1.165) is 6.42 Å². The Kier molecular flexibility index (Phi) is 5.09. The van der Waals surface area contributed by atoms with Crippen molar-refractivity contribution in [1.82, 2.24) is 5.32 Å². The molecule has 0 saturated heterocycles. The van der Waals surface area contributed by atoms with Gasteiger partial charge in [-0.15, -0.1) is 11.3 Å². The fraction of sp³-hybridized carbons (Fsp3) is 0.368. The Labute approximate surface area is 141 Å². The molecule has 1 aromatic carbocycles. The highest BCUT2D eigenvalue weighted by molar-refractivity contribution is 7.12. The summed E-state index contributed by atoms with van der Waals surface area (Å²) in [6.07, 6.45) is 5.69. The number of thiophene rings is 1. The Morgan fingerprint density at radius 1 is 1.26 bits per heavy atom. The highest BCUT2D eigenvalue weighted by atomic mass is 32.1. The van der Waals surface area contributed by atoms with E-state index in [4.69, 9.17) is 5.26 Å². The van der Waals surface area contributed by atoms with Crippen LogP contribution in [-0.2, 0) is 6.42 Å². The summed E-state index contributed by atoms with van der Waals surface area (Å²) in [4.78, 5) is 13.1. The smallest absolute Gasteiger partial charge is 0.262 e. The van der Waals surface area contributed by atoms with Gasteiger partial charge >= 0.3 is 0 Å². The first-order valence-electron chi connectivity index (χ1n) is 8.10. The molecule has 1 atom stereocenters. The standard InChI is InChI=1S/C19H20N2OS/c20-13-16-10-11-23-18(16)19(22)21-17(15-8-4-5-9-15)12-14-6-2-1-3-7-14/h1-3,6-7,10-11,15,17H,4-5,8-9,12H2,(H,21,22). The van der Waals surface area contributed by atoms with E-state index in [1.165, 1.54) is 42.6 Å². The third-order valence-corrected chi connectivity index (χ3v) is 5.49. The Morgan fingerprint density at radius 2 is 2.00 bits per heavy atom. The average Bonchev–Trinajstić information content (AvgIpc) is 3.26. The average molecular weight is 324 g/mol. The SMILES string of the molecule is N#Cc1ccsc1C(=O)NC(Cc1ccccc1)C1CCCC1. The molecule has 1 N–H and O–H groups in total. The number of carbonyl (C=O) groups is 1. The molecule has 1 aliphatic carbocycles. The fourth-order valence-corrected chi connectivity index (χ4v) is 4.12. The van der Waals surface area contributed by atoms with Gasteiger partial charge in [0, 0.05) is 6.04 Å². The van der Waals surface area contributed by atoms with Crippen LogP contribution in [0.1, 0.15) is 46.5 Å². The lowest BCUT2D eigenvalue weighted by Gasteiger charge is -2.25. The van der Waals surface area contributed by atoms with Gasteiger partial charge in [-0.1, -0.05) is 43.2 Å². The molecule has 3 rings (SSSR count). The van der Waals surface area contributed by atoms with Gasteiger partial charge in [-0.3, -0.25) is 4.79 Å². The van der Waals surface area contributed by atoms with E-state index in [0.29, 0.717) is 16.4 Å². The molecule has 1 aromatic heterocycles. The summed E-state index contributed by atoms with van der Waals surface area (Å²) in [5, 5.41) is 14.1. The van der Waals surface area contributed by atoms with Gasteiger partial charge in [-0.2, -0.15) is 5.26 Å². The molecular weight excluding hydrogens is 304 g/mol. The highest BCUT2D eigenvalue weighted by Crippen LogP contribution is 2.30. The van der Waals surface area contributed by atoms with Crippen LogP contribution >= 0.6 is 11.3 Å². The number of nitrogens with zero attached hydrogens (tertiary/aromatic N) is 1. The molecule has 3 nitrogen and oxygen atoms in total. The monoisotopic (exact) mass is 324 g/mol. The molecule has 0 radical (unpaired) electrons. The molecule has 118 valence electrons. The lowest BCUT2D eigenvalue weighted by molar-refractivity contribution is 0.0926. The van der Waals surface area contributed by atoms with E-state index in [9.17, 15) is 4.79 Å². The summed E-state index contributed by atoms with van der Waals surface area (Å²) in [6, 6.07) is 14.3. The summed E-state index contributed by atoms with van der Waals surface area (Å²) >= 11 is 1.34. The summed E-state index contributed by atoms with van der Waals surface area (Å²) in [5.74, 6) is 0.425. The zero-order chi connectivity index (χ0) is 16.1. The van der Waals surface area contributed by atoms with E-state index >= 15 is 0 Å². The van der Waals surface area contributed by atoms with Gasteiger partial charge in [0.2, 0.25) is 0 Å². The van der Waals surface area contributed by atoms with Crippen molar-refractivity contribution in [2.75, 3.05) is 0 Å². The number of hydrogen-bond acceptors (Lipinski definition) is 3. The first-order chi connectivity index (χ1) is 11.3. The van der Waals surface area contributed by atoms with E-state index in [2.05, 4.69) is 23.5 Å². The molecule has 1 unspecified atom stereocenters. The van der Waals surface area contributed by atoms with Crippen LogP contribution in [0, 0.1) is 17.2 Å². The normalized spacial score (nSPS) is 16.0. The summed E-state index contributed by atoms with van der Waals surface area (Å²) in [7, 11) is 0. The molecule has 2 aromatic rings. The number of nitrogens with one attached hydrogen (secondary N) is 1. The maximum Gasteiger partial charge on any atom is 0.262 e. The van der Waals surface area contributed by atoms with Crippen LogP contribution in [0.25, 0.3) is 0 Å². The van der Waals surface area contributed by atoms with E-state index in [1.54, 1.807) is 11.4 Å². The molecule has 0 bridgehead atoms. The quantitative estimate of drug-likeness (QED) is 0.898. The minimum atomic E-state index is -0.107. The first-order valence-corrected chi connectivity index (χ1v) is 8.98. The number of benzene rings is 1. The molecule has 1 fully saturated rings. The molecule has 0 spiro atoms. The zero-order valence-corrected chi connectivity index (χ0v) is 13.8. The van der Waals surface area contributed by atoms with E-state index in [1.807, 2.05) is 18.2 Å². The van der Waals surface area contributed by atoms with Crippen molar-refractivity contribution in [3.8, 4) is 6.07 Å². The third kappa shape index (κ3) is 3.80. The van der Waals surface area contributed by atoms with Crippen molar-refractivity contribution in [3.63, 3.8) is 0 Å². The largest absolute Gasteiger partial charge is 0.348 e. The third-order valence-electron chi connectivity index (χ3n) is 4.58. The highest BCUT2D eigenvalue weighted by Gasteiger charge is 2.27. The second-order valence-electron chi connectivity index (χ2n) is 6.09. The Hall–Kier alpha value is -2.12. The van der Waals surface area contributed by atoms with Gasteiger partial charge in [0.15, 0.2) is 0 Å². The van der Waals surface area contributed by atoms with Crippen LogP contribution in [0.2, 0.25) is 0 Å². The van der Waals surface area contributed by atoms with Gasteiger partial charge in [-0.05, 0) is 42.2 Å².